The number of nitrogens with zero attached hydrogens (tertiary/aromatic N) is 2. The van der Waals surface area contributed by atoms with Gasteiger partial charge in [-0.3, -0.25) is 4.31 Å². The molecule has 0 bridgehead atoms. The Labute approximate surface area is 95.4 Å². The van der Waals surface area contributed by atoms with Gasteiger partial charge < -0.3 is 0 Å². The molecule has 14 heavy (non-hydrogen) atoms. The largest absolute Gasteiger partial charge is 0.304 e. The molecule has 7 heteroatoms. The minimum Gasteiger partial charge on any atom is -0.251 e. The van der Waals surface area contributed by atoms with Gasteiger partial charge in [0.2, 0.25) is 0 Å². The summed E-state index contributed by atoms with van der Waals surface area (Å²) < 4.78 is 27.2. The summed E-state index contributed by atoms with van der Waals surface area (Å²) in [7, 11) is -1.67. The number of thiophene rings is 1. The molecule has 1 saturated heterocycles. The quantitative estimate of drug-likeness (QED) is 0.793. The van der Waals surface area contributed by atoms with Crippen molar-refractivity contribution in [1.29, 1.82) is 0 Å². The van der Waals surface area contributed by atoms with Crippen molar-refractivity contribution in [3.8, 4) is 0 Å². The minimum atomic E-state index is -3.25. The molecule has 78 valence electrons. The normalized spacial score (nSPS) is 17.0. The predicted molar refractivity (Wildman–Crippen MR) is 60.9 cm³/mol. The molecular formula is C7H9BrN2O2S2. The first-order valence-electron chi connectivity index (χ1n) is 4.01. The van der Waals surface area contributed by atoms with Crippen LogP contribution in [0.5, 0.6) is 0 Å². The van der Waals surface area contributed by atoms with Crippen molar-refractivity contribution in [3.05, 3.63) is 15.9 Å². The van der Waals surface area contributed by atoms with Crippen LogP contribution in [0, 0.1) is 0 Å². The third-order valence-corrected chi connectivity index (χ3v) is 5.67. The molecule has 0 amide bonds. The van der Waals surface area contributed by atoms with E-state index >= 15 is 0 Å². The zero-order valence-electron chi connectivity index (χ0n) is 7.47. The zero-order valence-corrected chi connectivity index (χ0v) is 10.7. The molecule has 0 unspecified atom stereocenters. The monoisotopic (exact) mass is 296 g/mol. The van der Waals surface area contributed by atoms with Crippen molar-refractivity contribution < 1.29 is 8.42 Å². The van der Waals surface area contributed by atoms with Gasteiger partial charge in [-0.1, -0.05) is 0 Å². The SMILES string of the molecule is CN(c1ccc(Br)s1)S(=O)(=O)N1CC1. The molecule has 1 fully saturated rings. The number of halogens is 1. The molecule has 0 aliphatic carbocycles. The molecule has 4 nitrogen and oxygen atoms in total. The molecule has 1 aliphatic heterocycles. The van der Waals surface area contributed by atoms with Crippen molar-refractivity contribution in [2.75, 3.05) is 24.4 Å². The number of hydrogen-bond donors (Lipinski definition) is 0. The van der Waals surface area contributed by atoms with E-state index in [1.807, 2.05) is 6.07 Å². The van der Waals surface area contributed by atoms with E-state index in [2.05, 4.69) is 15.9 Å². The number of rotatable bonds is 3. The minimum absolute atomic E-state index is 0.638. The molecule has 2 rings (SSSR count). The standard InChI is InChI=1S/C7H9BrN2O2S2/c1-9(7-3-2-6(8)13-7)14(11,12)10-4-5-10/h2-3H,4-5H2,1H3. The average Bonchev–Trinajstić information content (AvgIpc) is 2.89. The van der Waals surface area contributed by atoms with E-state index in [1.54, 1.807) is 13.1 Å². The van der Waals surface area contributed by atoms with Gasteiger partial charge in [0.15, 0.2) is 0 Å². The lowest BCUT2D eigenvalue weighted by Gasteiger charge is -2.16. The smallest absolute Gasteiger partial charge is 0.251 e. The highest BCUT2D eigenvalue weighted by atomic mass is 79.9. The first-order valence-corrected chi connectivity index (χ1v) is 7.02. The maximum Gasteiger partial charge on any atom is 0.304 e. The summed E-state index contributed by atoms with van der Waals surface area (Å²) in [5.74, 6) is 0. The highest BCUT2D eigenvalue weighted by Crippen LogP contribution is 2.32. The van der Waals surface area contributed by atoms with Crippen molar-refractivity contribution in [2.45, 2.75) is 0 Å². The molecule has 1 aromatic rings. The fraction of sp³-hybridized carbons (Fsp3) is 0.429. The highest BCUT2D eigenvalue weighted by Gasteiger charge is 2.35. The van der Waals surface area contributed by atoms with Crippen molar-refractivity contribution in [2.24, 2.45) is 0 Å². The number of hydrogen-bond acceptors (Lipinski definition) is 3. The van der Waals surface area contributed by atoms with E-state index < -0.39 is 10.2 Å². The zero-order chi connectivity index (χ0) is 10.3. The van der Waals surface area contributed by atoms with E-state index in [9.17, 15) is 8.42 Å². The average molecular weight is 297 g/mol. The molecule has 1 aromatic heterocycles. The van der Waals surface area contributed by atoms with Gasteiger partial charge in [-0.2, -0.15) is 12.7 Å². The van der Waals surface area contributed by atoms with Gasteiger partial charge in [-0.25, -0.2) is 0 Å². The van der Waals surface area contributed by atoms with Gasteiger partial charge in [-0.15, -0.1) is 11.3 Å². The van der Waals surface area contributed by atoms with E-state index in [0.717, 1.165) is 8.79 Å². The van der Waals surface area contributed by atoms with Crippen LogP contribution in [-0.4, -0.2) is 32.9 Å². The summed E-state index contributed by atoms with van der Waals surface area (Å²) in [6, 6.07) is 3.63. The Morgan fingerprint density at radius 3 is 2.57 bits per heavy atom. The second-order valence-corrected chi connectivity index (χ2v) is 7.35. The van der Waals surface area contributed by atoms with Gasteiger partial charge in [0.25, 0.3) is 0 Å². The molecular weight excluding hydrogens is 288 g/mol. The van der Waals surface area contributed by atoms with Crippen LogP contribution in [0.1, 0.15) is 0 Å². The molecule has 0 aromatic carbocycles. The fourth-order valence-corrected chi connectivity index (χ4v) is 3.83. The predicted octanol–water partition coefficient (Wildman–Crippen LogP) is 1.51. The molecule has 0 spiro atoms. The molecule has 0 radical (unpaired) electrons. The van der Waals surface area contributed by atoms with Crippen LogP contribution in [0.4, 0.5) is 5.00 Å². The van der Waals surface area contributed by atoms with E-state index in [1.165, 1.54) is 19.9 Å². The molecule has 0 atom stereocenters. The Bertz CT molecular complexity index is 438. The topological polar surface area (TPSA) is 40.4 Å². The Balaban J connectivity index is 2.27. The fourth-order valence-electron chi connectivity index (χ4n) is 1.03. The van der Waals surface area contributed by atoms with Crippen LogP contribution in [0.3, 0.4) is 0 Å². The van der Waals surface area contributed by atoms with Crippen LogP contribution < -0.4 is 4.31 Å². The number of anilines is 1. The lowest BCUT2D eigenvalue weighted by molar-refractivity contribution is 0.561. The summed E-state index contributed by atoms with van der Waals surface area (Å²) in [5.41, 5.74) is 0. The van der Waals surface area contributed by atoms with Crippen LogP contribution in [0.25, 0.3) is 0 Å². The third kappa shape index (κ3) is 1.81. The molecule has 0 saturated carbocycles. The van der Waals surface area contributed by atoms with Crippen molar-refractivity contribution in [3.63, 3.8) is 0 Å². The molecule has 1 aliphatic rings. The highest BCUT2D eigenvalue weighted by molar-refractivity contribution is 9.11. The lowest BCUT2D eigenvalue weighted by atomic mass is 10.6. The Morgan fingerprint density at radius 1 is 1.50 bits per heavy atom. The van der Waals surface area contributed by atoms with Crippen LogP contribution >= 0.6 is 27.3 Å². The summed E-state index contributed by atoms with van der Waals surface area (Å²) in [5, 5.41) is 0.726. The molecule has 0 N–H and O–H groups in total. The maximum absolute atomic E-state index is 11.7. The summed E-state index contributed by atoms with van der Waals surface area (Å²) in [4.78, 5) is 0. The third-order valence-electron chi connectivity index (χ3n) is 1.95. The second kappa shape index (κ2) is 3.48. The van der Waals surface area contributed by atoms with Crippen LogP contribution in [0.15, 0.2) is 15.9 Å². The Kier molecular flexibility index (Phi) is 2.59. The van der Waals surface area contributed by atoms with Gasteiger partial charge in [0.05, 0.1) is 3.79 Å². The second-order valence-electron chi connectivity index (χ2n) is 2.95. The van der Waals surface area contributed by atoms with E-state index in [-0.39, 0.29) is 0 Å². The van der Waals surface area contributed by atoms with Crippen LogP contribution in [0.2, 0.25) is 0 Å². The Hall–Kier alpha value is -0.110. The lowest BCUT2D eigenvalue weighted by Crippen LogP contribution is -2.31. The van der Waals surface area contributed by atoms with Gasteiger partial charge in [-0.05, 0) is 28.1 Å². The van der Waals surface area contributed by atoms with E-state index in [0.29, 0.717) is 13.1 Å². The van der Waals surface area contributed by atoms with Crippen LogP contribution in [-0.2, 0) is 10.2 Å². The first kappa shape index (κ1) is 10.4. The van der Waals surface area contributed by atoms with Gasteiger partial charge in [0.1, 0.15) is 5.00 Å². The maximum atomic E-state index is 11.7. The first-order chi connectivity index (χ1) is 6.51. The summed E-state index contributed by atoms with van der Waals surface area (Å²) >= 11 is 4.71. The summed E-state index contributed by atoms with van der Waals surface area (Å²) in [6.45, 7) is 1.28. The van der Waals surface area contributed by atoms with Crippen molar-refractivity contribution >= 4 is 42.5 Å². The van der Waals surface area contributed by atoms with Crippen molar-refractivity contribution in [1.82, 2.24) is 4.31 Å². The Morgan fingerprint density at radius 2 is 2.14 bits per heavy atom. The van der Waals surface area contributed by atoms with Gasteiger partial charge >= 0.3 is 10.2 Å². The van der Waals surface area contributed by atoms with E-state index in [4.69, 9.17) is 0 Å². The summed E-state index contributed by atoms with van der Waals surface area (Å²) in [6.07, 6.45) is 0. The van der Waals surface area contributed by atoms with Gasteiger partial charge in [0, 0.05) is 20.1 Å². The molecule has 2 heterocycles.